The van der Waals surface area contributed by atoms with Gasteiger partial charge in [0.25, 0.3) is 23.6 Å². The number of methoxy groups -OCH3 is 2. The average Bonchev–Trinajstić information content (AvgIpc) is 1.56. The topological polar surface area (TPSA) is 468 Å². The number of benzene rings is 2. The number of rotatable bonds is 11. The highest BCUT2D eigenvalue weighted by Crippen LogP contribution is 2.56. The molecule has 0 aliphatic carbocycles. The Labute approximate surface area is 633 Å². The van der Waals surface area contributed by atoms with Crippen molar-refractivity contribution in [1.29, 1.82) is 0 Å². The lowest BCUT2D eigenvalue weighted by Gasteiger charge is -2.43. The molecule has 20 atom stereocenters. The van der Waals surface area contributed by atoms with Crippen LogP contribution >= 0.6 is 23.2 Å². The maximum Gasteiger partial charge on any atom is 0.261 e. The molecule has 38 heteroatoms. The number of nitrogens with one attached hydrogen (secondary N) is 12. The smallest absolute Gasteiger partial charge is 0.261 e. The van der Waals surface area contributed by atoms with Crippen molar-refractivity contribution in [3.63, 3.8) is 0 Å². The molecule has 10 aliphatic rings. The summed E-state index contributed by atoms with van der Waals surface area (Å²) in [6.45, 7) is 9.59. The Balaban J connectivity index is 0.917. The predicted molar refractivity (Wildman–Crippen MR) is 384 cm³/mol. The standard InChI is InChI=1S/C70H98Cl2N18O18/c1-9-31(3)51-65(103)89-47(17-13-21-75-89)61(99)87-45(15-11-19-73-87)57(95)77-43(29-107-7)55(93)83-53(33(5)91)63(101)85-49(59(97)81-51)27-69(105)37-23-35(39(71)25-41(37)79-67(69)85)36-24-38-42(26-40(36)72)80-68-70(38,106)28-50-60(98)82-52(32(4)10-2)66(104)90-48(18-14-22-76-90)62(100)88-46(16-12-20-74-88)58(96)78-44(30-108-8)56(94)84-54(34(6)92)64(102)86(50)68/h23-26,31-34,43-54,67-68,73-76,79-80,91-92,105-106H,9-22,27-30H2,1-8H3,(H,77,95)(H,78,96)(H,81,97)(H,82,98)(H,83,93)(H,84,94)/t31?,32?,33?,34?,43-,44-,45+,46+,47-,48-,49-,50?,51+,52+,53+,54+,67-,68-,69+,70+/m0/s1. The summed E-state index contributed by atoms with van der Waals surface area (Å²) < 4.78 is 10.7. The molecule has 0 bridgehead atoms. The van der Waals surface area contributed by atoms with Crippen LogP contribution in [0.3, 0.4) is 0 Å². The van der Waals surface area contributed by atoms with Gasteiger partial charge in [0.15, 0.2) is 0 Å². The highest BCUT2D eigenvalue weighted by atomic mass is 35.5. The molecule has 12 amide bonds. The summed E-state index contributed by atoms with van der Waals surface area (Å²) in [6.07, 6.45) is -4.91. The van der Waals surface area contributed by atoms with Crippen molar-refractivity contribution in [2.45, 2.75) is 227 Å². The minimum Gasteiger partial charge on any atom is -0.391 e. The lowest BCUT2D eigenvalue weighted by Crippen LogP contribution is -2.69. The van der Waals surface area contributed by atoms with Crippen molar-refractivity contribution in [3.8, 4) is 11.1 Å². The molecule has 16 N–H and O–H groups in total. The Morgan fingerprint density at radius 3 is 1.06 bits per heavy atom. The van der Waals surface area contributed by atoms with E-state index >= 15 is 28.8 Å². The maximum absolute atomic E-state index is 15.7. The number of ether oxygens (including phenoxy) is 2. The quantitative estimate of drug-likeness (QED) is 0.105. The van der Waals surface area contributed by atoms with Crippen LogP contribution in [0, 0.1) is 11.8 Å². The Hall–Kier alpha value is -8.14. The molecule has 0 radical (unpaired) electrons. The van der Waals surface area contributed by atoms with Crippen molar-refractivity contribution < 1.29 is 87.4 Å². The lowest BCUT2D eigenvalue weighted by atomic mass is 9.86. The number of carbonyl (C=O) groups excluding carboxylic acids is 12. The van der Waals surface area contributed by atoms with Crippen LogP contribution in [-0.4, -0.2) is 272 Å². The van der Waals surface area contributed by atoms with Crippen molar-refractivity contribution in [1.82, 2.24) is 83.4 Å². The summed E-state index contributed by atoms with van der Waals surface area (Å²) in [5.74, 6) is -11.6. The summed E-state index contributed by atoms with van der Waals surface area (Å²) in [4.78, 5) is 182. The number of nitrogens with zero attached hydrogens (tertiary/aromatic N) is 6. The fourth-order valence-corrected chi connectivity index (χ4v) is 17.2. The number of fused-ring (bicyclic) bond motifs is 14. The Kier molecular flexibility index (Phi) is 23.6. The van der Waals surface area contributed by atoms with Crippen LogP contribution in [0.2, 0.25) is 10.0 Å². The highest BCUT2D eigenvalue weighted by Gasteiger charge is 2.64. The predicted octanol–water partition coefficient (Wildman–Crippen LogP) is -3.19. The third kappa shape index (κ3) is 14.5. The molecule has 36 nitrogen and oxygen atoms in total. The van der Waals surface area contributed by atoms with E-state index < -0.39 is 217 Å². The second-order valence-electron chi connectivity index (χ2n) is 30.0. The minimum absolute atomic E-state index is 0.0338. The maximum atomic E-state index is 15.7. The number of anilines is 2. The van der Waals surface area contributed by atoms with Gasteiger partial charge in [-0.1, -0.05) is 63.7 Å². The van der Waals surface area contributed by atoms with Crippen molar-refractivity contribution >= 4 is 105 Å². The second kappa shape index (κ2) is 32.1. The van der Waals surface area contributed by atoms with E-state index in [1.165, 1.54) is 52.3 Å². The van der Waals surface area contributed by atoms with E-state index in [2.05, 4.69) is 64.2 Å². The first-order valence-corrected chi connectivity index (χ1v) is 37.9. The Bertz CT molecular complexity index is 3670. The van der Waals surface area contributed by atoms with Gasteiger partial charge in [-0.05, 0) is 101 Å². The number of hydrogen-bond donors (Lipinski definition) is 16. The molecule has 8 fully saturated rings. The van der Waals surface area contributed by atoms with Crippen molar-refractivity contribution in [2.24, 2.45) is 11.8 Å². The molecule has 590 valence electrons. The van der Waals surface area contributed by atoms with Gasteiger partial charge in [-0.25, -0.2) is 21.7 Å². The van der Waals surface area contributed by atoms with E-state index in [0.717, 1.165) is 29.8 Å². The lowest BCUT2D eigenvalue weighted by molar-refractivity contribution is -0.161. The van der Waals surface area contributed by atoms with Gasteiger partial charge in [0, 0.05) is 86.9 Å². The van der Waals surface area contributed by atoms with Crippen molar-refractivity contribution in [3.05, 3.63) is 45.4 Å². The number of aliphatic hydroxyl groups is 4. The van der Waals surface area contributed by atoms with Gasteiger partial charge in [-0.15, -0.1) is 0 Å². The number of aliphatic hydroxyl groups excluding tert-OH is 2. The van der Waals surface area contributed by atoms with E-state index in [9.17, 15) is 49.2 Å². The zero-order chi connectivity index (χ0) is 77.9. The Morgan fingerprint density at radius 2 is 0.741 bits per heavy atom. The van der Waals surface area contributed by atoms with Gasteiger partial charge in [0.2, 0.25) is 47.3 Å². The van der Waals surface area contributed by atoms with Crippen molar-refractivity contribution in [2.75, 3.05) is 64.2 Å². The molecule has 5 unspecified atom stereocenters. The van der Waals surface area contributed by atoms with E-state index in [1.54, 1.807) is 27.7 Å². The monoisotopic (exact) mass is 1550 g/mol. The minimum atomic E-state index is -2.30. The van der Waals surface area contributed by atoms with Crippen LogP contribution < -0.4 is 64.2 Å². The number of hydrazine groups is 4. The summed E-state index contributed by atoms with van der Waals surface area (Å²) in [5.41, 5.74) is 8.02. The molecule has 0 spiro atoms. The first kappa shape index (κ1) is 79.4. The molecule has 2 aromatic rings. The van der Waals surface area contributed by atoms with E-state index in [0.29, 0.717) is 51.6 Å². The van der Waals surface area contributed by atoms with Crippen LogP contribution in [0.25, 0.3) is 11.1 Å². The van der Waals surface area contributed by atoms with Crippen LogP contribution in [0.1, 0.15) is 130 Å². The number of amides is 12. The molecular formula is C70H98Cl2N18O18. The molecule has 8 saturated heterocycles. The molecule has 0 saturated carbocycles. The van der Waals surface area contributed by atoms with Gasteiger partial charge < -0.3 is 82.2 Å². The number of halogens is 2. The van der Waals surface area contributed by atoms with E-state index in [1.807, 2.05) is 0 Å². The van der Waals surface area contributed by atoms with Crippen LogP contribution in [-0.2, 0) is 78.2 Å². The average molecular weight is 1550 g/mol. The zero-order valence-corrected chi connectivity index (χ0v) is 62.9. The molecule has 12 rings (SSSR count). The van der Waals surface area contributed by atoms with E-state index in [-0.39, 0.29) is 82.4 Å². The highest BCUT2D eigenvalue weighted by molar-refractivity contribution is 6.37. The molecule has 10 aliphatic heterocycles. The van der Waals surface area contributed by atoms with Gasteiger partial charge in [0.1, 0.15) is 96.0 Å². The third-order valence-corrected chi connectivity index (χ3v) is 23.6. The number of carbonyl (C=O) groups is 12. The van der Waals surface area contributed by atoms with Gasteiger partial charge >= 0.3 is 0 Å². The largest absolute Gasteiger partial charge is 0.391 e. The third-order valence-electron chi connectivity index (χ3n) is 23.0. The van der Waals surface area contributed by atoms with Gasteiger partial charge in [0.05, 0.1) is 35.5 Å². The normalized spacial score (nSPS) is 33.6. The molecule has 10 heterocycles. The second-order valence-corrected chi connectivity index (χ2v) is 30.8. The molecule has 2 aromatic carbocycles. The summed E-state index contributed by atoms with van der Waals surface area (Å²) in [6, 6.07) is -12.1. The summed E-state index contributed by atoms with van der Waals surface area (Å²) in [7, 11) is 2.53. The zero-order valence-electron chi connectivity index (χ0n) is 61.4. The van der Waals surface area contributed by atoms with Crippen LogP contribution in [0.5, 0.6) is 0 Å². The molecule has 0 aromatic heterocycles. The van der Waals surface area contributed by atoms with Crippen LogP contribution in [0.15, 0.2) is 24.3 Å². The summed E-state index contributed by atoms with van der Waals surface area (Å²) in [5, 5.41) is 77.2. The molecule has 108 heavy (non-hydrogen) atoms. The van der Waals surface area contributed by atoms with Gasteiger partial charge in [-0.3, -0.25) is 77.6 Å². The molecular weight excluding hydrogens is 1450 g/mol. The fraction of sp³-hybridized carbons (Fsp3) is 0.657. The van der Waals surface area contributed by atoms with E-state index in [4.69, 9.17) is 32.7 Å². The first-order chi connectivity index (χ1) is 51.4. The fourth-order valence-electron chi connectivity index (χ4n) is 16.7. The summed E-state index contributed by atoms with van der Waals surface area (Å²) >= 11 is 14.6. The number of hydrogen-bond acceptors (Lipinski definition) is 24. The first-order valence-electron chi connectivity index (χ1n) is 37.2. The van der Waals surface area contributed by atoms with Crippen LogP contribution in [0.4, 0.5) is 11.4 Å². The SMILES string of the molecule is CCC(C)[C@H]1NC(=O)C2C[C@@]3(O)c4cc(-c5cc6c(cc5Cl)N[C@H]5N7C(=O)[C@@H](C(C)O)NC(=O)[C@H](COC)NC(=O)[C@H]8CCCNN8C(=O)[C@@H]8CCCNN8C(=O)[C@@H](C(C)CC)NC(=O)[C@@H]7C[C@@]65O)c(Cl)cc4N[C@H]3N2C(=O)[C@@H](C(C)O)NC(=O)[C@H](COC)NC(=O)[C@H]2CCCNN2C(=O)[C@@H]2CCCNN2C1=O. The Morgan fingerprint density at radius 1 is 0.426 bits per heavy atom. The van der Waals surface area contributed by atoms with Gasteiger partial charge in [-0.2, -0.15) is 0 Å².